The van der Waals surface area contributed by atoms with Gasteiger partial charge in [0.1, 0.15) is 0 Å². The average Bonchev–Trinajstić information content (AvgIpc) is 3.07. The minimum Gasteiger partial charge on any atom is -0.396 e. The molecular formula is C11H20N2O2. The lowest BCUT2D eigenvalue weighted by Gasteiger charge is -2.32. The molecule has 0 aliphatic heterocycles. The maximum absolute atomic E-state index is 9.21. The first kappa shape index (κ1) is 12.4. The van der Waals surface area contributed by atoms with Crippen molar-refractivity contribution in [2.24, 2.45) is 5.41 Å². The fourth-order valence-electron chi connectivity index (χ4n) is 1.66. The maximum Gasteiger partial charge on any atom is 0.0635 e. The molecule has 0 radical (unpaired) electrons. The van der Waals surface area contributed by atoms with Crippen LogP contribution in [0.5, 0.6) is 0 Å². The molecule has 1 fully saturated rings. The van der Waals surface area contributed by atoms with Crippen LogP contribution >= 0.6 is 0 Å². The highest BCUT2D eigenvalue weighted by molar-refractivity contribution is 4.90. The summed E-state index contributed by atoms with van der Waals surface area (Å²) in [5.41, 5.74) is -0.446. The summed E-state index contributed by atoms with van der Waals surface area (Å²) in [6, 6.07) is 2.70. The van der Waals surface area contributed by atoms with Gasteiger partial charge in [0.05, 0.1) is 19.3 Å². The molecule has 0 aromatic heterocycles. The van der Waals surface area contributed by atoms with Gasteiger partial charge in [-0.2, -0.15) is 5.26 Å². The van der Waals surface area contributed by atoms with Crippen molar-refractivity contribution in [3.05, 3.63) is 0 Å². The molecule has 2 N–H and O–H groups in total. The third-order valence-electron chi connectivity index (χ3n) is 2.92. The van der Waals surface area contributed by atoms with Crippen molar-refractivity contribution in [3.8, 4) is 6.07 Å². The summed E-state index contributed by atoms with van der Waals surface area (Å²) < 4.78 is 0. The van der Waals surface area contributed by atoms with Gasteiger partial charge < -0.3 is 10.2 Å². The van der Waals surface area contributed by atoms with Gasteiger partial charge in [0, 0.05) is 31.0 Å². The van der Waals surface area contributed by atoms with E-state index in [0.29, 0.717) is 19.0 Å². The van der Waals surface area contributed by atoms with Crippen LogP contribution in [0.2, 0.25) is 0 Å². The first-order valence-electron chi connectivity index (χ1n) is 5.48. The summed E-state index contributed by atoms with van der Waals surface area (Å²) in [7, 11) is 0. The van der Waals surface area contributed by atoms with E-state index < -0.39 is 5.41 Å². The number of nitriles is 1. The smallest absolute Gasteiger partial charge is 0.0635 e. The minimum atomic E-state index is -0.446. The Hall–Kier alpha value is -0.630. The Morgan fingerprint density at radius 3 is 2.40 bits per heavy atom. The van der Waals surface area contributed by atoms with Crippen molar-refractivity contribution >= 4 is 0 Å². The number of rotatable bonds is 7. The van der Waals surface area contributed by atoms with E-state index in [4.69, 9.17) is 5.26 Å². The largest absolute Gasteiger partial charge is 0.396 e. The molecule has 0 atom stereocenters. The molecule has 1 aliphatic carbocycles. The molecule has 4 nitrogen and oxygen atoms in total. The highest BCUT2D eigenvalue weighted by Crippen LogP contribution is 2.30. The Morgan fingerprint density at radius 1 is 1.40 bits per heavy atom. The Morgan fingerprint density at radius 2 is 2.00 bits per heavy atom. The van der Waals surface area contributed by atoms with Crippen molar-refractivity contribution in [1.29, 1.82) is 5.26 Å². The zero-order valence-electron chi connectivity index (χ0n) is 9.32. The number of aliphatic hydroxyl groups is 2. The molecule has 1 rings (SSSR count). The molecule has 0 aromatic carbocycles. The lowest BCUT2D eigenvalue weighted by atomic mass is 9.92. The van der Waals surface area contributed by atoms with Crippen LogP contribution in [-0.2, 0) is 0 Å². The Bertz CT molecular complexity index is 229. The van der Waals surface area contributed by atoms with Gasteiger partial charge in [-0.25, -0.2) is 0 Å². The predicted molar refractivity (Wildman–Crippen MR) is 57.1 cm³/mol. The molecule has 0 spiro atoms. The van der Waals surface area contributed by atoms with E-state index in [-0.39, 0.29) is 13.2 Å². The maximum atomic E-state index is 9.21. The van der Waals surface area contributed by atoms with E-state index in [9.17, 15) is 10.2 Å². The summed E-state index contributed by atoms with van der Waals surface area (Å²) >= 11 is 0. The molecule has 0 amide bonds. The topological polar surface area (TPSA) is 67.5 Å². The number of nitrogens with zero attached hydrogens (tertiary/aromatic N) is 2. The lowest BCUT2D eigenvalue weighted by molar-refractivity contribution is 0.0332. The predicted octanol–water partition coefficient (Wildman–Crippen LogP) is 0.355. The molecule has 0 heterocycles. The Labute approximate surface area is 91.1 Å². The first-order valence-corrected chi connectivity index (χ1v) is 5.48. The molecule has 15 heavy (non-hydrogen) atoms. The highest BCUT2D eigenvalue weighted by atomic mass is 16.3. The Kier molecular flexibility index (Phi) is 4.52. The molecule has 4 heteroatoms. The van der Waals surface area contributed by atoms with E-state index in [2.05, 4.69) is 11.0 Å². The van der Waals surface area contributed by atoms with E-state index in [1.807, 2.05) is 6.92 Å². The van der Waals surface area contributed by atoms with Gasteiger partial charge in [0.2, 0.25) is 0 Å². The minimum absolute atomic E-state index is 0.0146. The quantitative estimate of drug-likeness (QED) is 0.639. The van der Waals surface area contributed by atoms with Gasteiger partial charge in [-0.3, -0.25) is 4.90 Å². The van der Waals surface area contributed by atoms with Crippen molar-refractivity contribution in [1.82, 2.24) is 4.90 Å². The van der Waals surface area contributed by atoms with E-state index in [0.717, 1.165) is 6.54 Å². The van der Waals surface area contributed by atoms with Crippen molar-refractivity contribution < 1.29 is 10.2 Å². The van der Waals surface area contributed by atoms with Gasteiger partial charge in [-0.1, -0.05) is 6.92 Å². The summed E-state index contributed by atoms with van der Waals surface area (Å²) in [5, 5.41) is 27.0. The van der Waals surface area contributed by atoms with Gasteiger partial charge in [-0.05, 0) is 12.8 Å². The second kappa shape index (κ2) is 5.45. The standard InChI is InChI=1S/C11H20N2O2/c1-11(8-14,9-15)7-13(6-2-5-12)10-3-4-10/h10,14-15H,2-4,6-9H2,1H3. The molecule has 0 saturated heterocycles. The van der Waals surface area contributed by atoms with Crippen molar-refractivity contribution in [3.63, 3.8) is 0 Å². The monoisotopic (exact) mass is 212 g/mol. The first-order chi connectivity index (χ1) is 7.15. The third-order valence-corrected chi connectivity index (χ3v) is 2.92. The summed E-state index contributed by atoms with van der Waals surface area (Å²) in [6.45, 7) is 3.26. The zero-order valence-corrected chi connectivity index (χ0v) is 9.32. The van der Waals surface area contributed by atoms with E-state index in [1.165, 1.54) is 12.8 Å². The fourth-order valence-corrected chi connectivity index (χ4v) is 1.66. The summed E-state index contributed by atoms with van der Waals surface area (Å²) in [4.78, 5) is 2.22. The molecule has 0 unspecified atom stereocenters. The normalized spacial score (nSPS) is 16.7. The van der Waals surface area contributed by atoms with Crippen LogP contribution in [0.4, 0.5) is 0 Å². The van der Waals surface area contributed by atoms with Crippen LogP contribution in [0.3, 0.4) is 0 Å². The zero-order chi connectivity index (χ0) is 11.3. The van der Waals surface area contributed by atoms with Crippen LogP contribution in [0.1, 0.15) is 26.2 Å². The van der Waals surface area contributed by atoms with Crippen LogP contribution < -0.4 is 0 Å². The van der Waals surface area contributed by atoms with E-state index >= 15 is 0 Å². The lowest BCUT2D eigenvalue weighted by Crippen LogP contribution is -2.42. The van der Waals surface area contributed by atoms with E-state index in [1.54, 1.807) is 0 Å². The molecular weight excluding hydrogens is 192 g/mol. The molecule has 1 saturated carbocycles. The number of aliphatic hydroxyl groups excluding tert-OH is 2. The van der Waals surface area contributed by atoms with Crippen LogP contribution in [0.15, 0.2) is 0 Å². The van der Waals surface area contributed by atoms with Crippen LogP contribution in [-0.4, -0.2) is 47.5 Å². The summed E-state index contributed by atoms with van der Waals surface area (Å²) in [5.74, 6) is 0. The number of hydrogen-bond acceptors (Lipinski definition) is 4. The summed E-state index contributed by atoms with van der Waals surface area (Å²) in [6.07, 6.45) is 2.88. The third kappa shape index (κ3) is 3.78. The SMILES string of the molecule is CC(CO)(CO)CN(CCC#N)C1CC1. The molecule has 1 aliphatic rings. The Balaban J connectivity index is 2.46. The molecule has 0 aromatic rings. The number of hydrogen-bond donors (Lipinski definition) is 2. The van der Waals surface area contributed by atoms with Crippen molar-refractivity contribution in [2.75, 3.05) is 26.3 Å². The fraction of sp³-hybridized carbons (Fsp3) is 0.909. The van der Waals surface area contributed by atoms with Gasteiger partial charge in [0.15, 0.2) is 0 Å². The molecule has 0 bridgehead atoms. The van der Waals surface area contributed by atoms with Crippen LogP contribution in [0.25, 0.3) is 0 Å². The second-order valence-corrected chi connectivity index (χ2v) is 4.74. The second-order valence-electron chi connectivity index (χ2n) is 4.74. The van der Waals surface area contributed by atoms with Gasteiger partial charge >= 0.3 is 0 Å². The van der Waals surface area contributed by atoms with Gasteiger partial charge in [0.25, 0.3) is 0 Å². The van der Waals surface area contributed by atoms with Crippen molar-refractivity contribution in [2.45, 2.75) is 32.2 Å². The molecule has 86 valence electrons. The highest BCUT2D eigenvalue weighted by Gasteiger charge is 2.34. The van der Waals surface area contributed by atoms with Gasteiger partial charge in [-0.15, -0.1) is 0 Å². The van der Waals surface area contributed by atoms with Crippen LogP contribution in [0, 0.1) is 16.7 Å². The average molecular weight is 212 g/mol.